The third kappa shape index (κ3) is 6.10. The molecule has 0 aromatic rings. The van der Waals surface area contributed by atoms with Crippen LogP contribution < -0.4 is 21.0 Å². The number of Topliss-reactive ketones (excluding diaryl/α,β-unsaturated/α-hetero) is 1. The molecule has 0 fully saturated rings. The molecule has 0 aromatic carbocycles. The average molecular weight is 349 g/mol. The van der Waals surface area contributed by atoms with Crippen molar-refractivity contribution in [3.05, 3.63) is 0 Å². The van der Waals surface area contributed by atoms with Gasteiger partial charge in [-0.15, -0.1) is 0 Å². The Morgan fingerprint density at radius 1 is 1.47 bits per heavy atom. The fourth-order valence-electron chi connectivity index (χ4n) is 0.887. The maximum absolute atomic E-state index is 11.3. The normalized spacial score (nSPS) is 15.5. The number of carbonyl (C=O) groups excluding carboxylic acids is 2. The minimum absolute atomic E-state index is 0.0834. The SMILES string of the molecule is [3H][I-]SC(=O)[C@H](C)CC(=O)C[C@H](O)C(=O)O. The van der Waals surface area contributed by atoms with Crippen LogP contribution in [0, 0.1) is 5.92 Å². The van der Waals surface area contributed by atoms with Gasteiger partial charge < -0.3 is 0 Å². The van der Waals surface area contributed by atoms with Gasteiger partial charge in [0.05, 0.1) is 0 Å². The Balaban J connectivity index is 4.05. The van der Waals surface area contributed by atoms with Gasteiger partial charge in [0.2, 0.25) is 0 Å². The molecule has 0 spiro atoms. The number of carbonyl (C=O) groups is 3. The summed E-state index contributed by atoms with van der Waals surface area (Å²) in [5, 5.41) is 17.1. The second-order valence-electron chi connectivity index (χ2n) is 3.10. The molecule has 2 N–H and O–H groups in total. The van der Waals surface area contributed by atoms with E-state index in [0.29, 0.717) is 0 Å². The molecule has 0 radical (unpaired) electrons. The van der Waals surface area contributed by atoms with Crippen molar-refractivity contribution in [3.8, 4) is 0 Å². The maximum atomic E-state index is 11.3. The number of carboxylic acid groups (broad SMARTS) is 1. The quantitative estimate of drug-likeness (QED) is 0.473. The number of rotatable bonds is 7. The number of hydrogen-bond donors (Lipinski definition) is 2. The van der Waals surface area contributed by atoms with Crippen LogP contribution in [-0.4, -0.2) is 33.8 Å². The van der Waals surface area contributed by atoms with Gasteiger partial charge in [-0.2, -0.15) is 0 Å². The molecular formula is C8H12IO5S-. The molecule has 0 aromatic heterocycles. The number of carboxylic acids is 1. The second kappa shape index (κ2) is 7.18. The van der Waals surface area contributed by atoms with Gasteiger partial charge in [-0.25, -0.2) is 0 Å². The van der Waals surface area contributed by atoms with E-state index in [1.165, 1.54) is 0 Å². The Morgan fingerprint density at radius 2 is 2.07 bits per heavy atom. The van der Waals surface area contributed by atoms with Gasteiger partial charge in [0.1, 0.15) is 0 Å². The molecule has 7 heteroatoms. The number of aliphatic carboxylic acids is 1. The number of ketones is 1. The molecule has 0 aliphatic carbocycles. The summed E-state index contributed by atoms with van der Waals surface area (Å²) in [6.07, 6.45) is -2.26. The van der Waals surface area contributed by atoms with Crippen molar-refractivity contribution < 1.29 is 45.6 Å². The molecule has 0 amide bonds. The molecule has 0 rings (SSSR count). The van der Waals surface area contributed by atoms with Crippen molar-refractivity contribution in [3.63, 3.8) is 0 Å². The number of aliphatic hydroxyl groups excluding tert-OH is 1. The van der Waals surface area contributed by atoms with Crippen LogP contribution in [0.2, 0.25) is 0 Å². The Kier molecular flexibility index (Phi) is 6.18. The molecule has 2 atom stereocenters. The van der Waals surface area contributed by atoms with Crippen molar-refractivity contribution in [1.82, 2.24) is 0 Å². The monoisotopic (exact) mass is 349 g/mol. The topological polar surface area (TPSA) is 91.7 Å². The first-order valence-corrected chi connectivity index (χ1v) is 7.49. The minimum atomic E-state index is -1.70. The van der Waals surface area contributed by atoms with E-state index in [2.05, 4.69) is 0 Å². The van der Waals surface area contributed by atoms with Crippen LogP contribution in [0.4, 0.5) is 0 Å². The number of halogens is 1. The zero-order chi connectivity index (χ0) is 12.7. The molecule has 5 nitrogen and oxygen atoms in total. The van der Waals surface area contributed by atoms with Gasteiger partial charge in [0.25, 0.3) is 0 Å². The van der Waals surface area contributed by atoms with Crippen molar-refractivity contribution in [1.29, 1.82) is 0.594 Å². The average Bonchev–Trinajstić information content (AvgIpc) is 2.17. The van der Waals surface area contributed by atoms with E-state index in [-0.39, 0.29) is 11.5 Å². The second-order valence-corrected chi connectivity index (χ2v) is 4.98. The van der Waals surface area contributed by atoms with Crippen molar-refractivity contribution in [2.45, 2.75) is 25.9 Å². The number of hydrogen-bond acceptors (Lipinski definition) is 5. The molecular weight excluding hydrogens is 335 g/mol. The van der Waals surface area contributed by atoms with Crippen molar-refractivity contribution in [2.75, 3.05) is 0 Å². The summed E-state index contributed by atoms with van der Waals surface area (Å²) in [5.41, 5.74) is 0. The van der Waals surface area contributed by atoms with E-state index >= 15 is 0 Å². The molecule has 0 heterocycles. The van der Waals surface area contributed by atoms with Gasteiger partial charge in [0, 0.05) is 0 Å². The summed E-state index contributed by atoms with van der Waals surface area (Å²) in [4.78, 5) is 32.8. The van der Waals surface area contributed by atoms with E-state index < -0.39 is 51.2 Å². The molecule has 0 saturated carbocycles. The van der Waals surface area contributed by atoms with Crippen LogP contribution in [0.1, 0.15) is 19.8 Å². The van der Waals surface area contributed by atoms with Crippen LogP contribution in [0.15, 0.2) is 0 Å². The Morgan fingerprint density at radius 3 is 2.53 bits per heavy atom. The third-order valence-electron chi connectivity index (χ3n) is 1.72. The Bertz CT molecular complexity index is 286. The van der Waals surface area contributed by atoms with E-state index in [0.717, 1.165) is 8.93 Å². The predicted molar refractivity (Wildman–Crippen MR) is 51.0 cm³/mol. The van der Waals surface area contributed by atoms with Crippen LogP contribution >= 0.6 is 8.93 Å². The molecule has 0 unspecified atom stereocenters. The predicted octanol–water partition coefficient (Wildman–Crippen LogP) is -3.12. The first kappa shape index (κ1) is 12.9. The Hall–Kier alpha value is -0.150. The van der Waals surface area contributed by atoms with Crippen LogP contribution in [-0.2, 0) is 14.4 Å². The Labute approximate surface area is 104 Å². The van der Waals surface area contributed by atoms with Gasteiger partial charge in [0.15, 0.2) is 0 Å². The summed E-state index contributed by atoms with van der Waals surface area (Å²) in [5.74, 6) is -2.43. The molecule has 0 aliphatic heterocycles. The van der Waals surface area contributed by atoms with Crippen molar-refractivity contribution >= 4 is 25.8 Å². The van der Waals surface area contributed by atoms with Crippen LogP contribution in [0.3, 0.4) is 0 Å². The van der Waals surface area contributed by atoms with E-state index in [9.17, 15) is 14.4 Å². The third-order valence-corrected chi connectivity index (χ3v) is 3.57. The van der Waals surface area contributed by atoms with Crippen LogP contribution in [0.25, 0.3) is 0 Å². The summed E-state index contributed by atoms with van der Waals surface area (Å²) in [7, 11) is 0.913. The fourth-order valence-corrected chi connectivity index (χ4v) is 2.42. The number of aliphatic hydroxyl groups is 1. The molecule has 0 bridgehead atoms. The van der Waals surface area contributed by atoms with Crippen molar-refractivity contribution in [2.24, 2.45) is 5.92 Å². The summed E-state index contributed by atoms with van der Waals surface area (Å²) in [6, 6.07) is 0. The molecule has 15 heavy (non-hydrogen) atoms. The first-order chi connectivity index (χ1) is 7.38. The molecule has 88 valence electrons. The van der Waals surface area contributed by atoms with E-state index in [1.807, 2.05) is 0 Å². The van der Waals surface area contributed by atoms with Crippen LogP contribution in [0.5, 0.6) is 0 Å². The van der Waals surface area contributed by atoms with Gasteiger partial charge in [-0.3, -0.25) is 0 Å². The zero-order valence-electron chi connectivity index (χ0n) is 8.97. The fraction of sp³-hybridized carbons (Fsp3) is 0.625. The molecule has 0 saturated heterocycles. The van der Waals surface area contributed by atoms with E-state index in [4.69, 9.17) is 10.8 Å². The summed E-state index contributed by atoms with van der Waals surface area (Å²) >= 11 is -0.958. The standard InChI is InChI=1S/C8H12IO5S/c1-4(8(14)15-9)2-5(10)3-6(11)7(12)13/h4,6,9,11H,2-3H2,1H3,(H,12,13)/q-1/t4-,6+/m1/s1/i9T. The first-order valence-electron chi connectivity index (χ1n) is 4.51. The summed E-state index contributed by atoms with van der Waals surface area (Å²) < 4.78 is 6.93. The van der Waals surface area contributed by atoms with E-state index in [1.54, 1.807) is 6.92 Å². The summed E-state index contributed by atoms with van der Waals surface area (Å²) in [6.45, 7) is 1.56. The molecule has 0 aliphatic rings. The van der Waals surface area contributed by atoms with Gasteiger partial charge in [-0.05, 0) is 0 Å². The zero-order valence-corrected chi connectivity index (χ0v) is 10.9. The van der Waals surface area contributed by atoms with Gasteiger partial charge >= 0.3 is 104 Å². The van der Waals surface area contributed by atoms with Gasteiger partial charge in [-0.1, -0.05) is 0 Å².